The molecule has 2 aromatic carbocycles. The molecule has 1 amide bonds. The van der Waals surface area contributed by atoms with E-state index in [9.17, 15) is 4.79 Å². The average molecular weight is 399 g/mol. The molecule has 4 rings (SSSR count). The molecule has 144 valence electrons. The molecule has 8 nitrogen and oxygen atoms in total. The molecule has 2 heterocycles. The Labute approximate surface area is 165 Å². The van der Waals surface area contributed by atoms with Gasteiger partial charge >= 0.3 is 0 Å². The molecule has 3 aromatic rings. The fourth-order valence-corrected chi connectivity index (χ4v) is 3.21. The molecule has 1 aromatic heterocycles. The number of benzene rings is 2. The summed E-state index contributed by atoms with van der Waals surface area (Å²) in [5, 5.41) is 11.1. The van der Waals surface area contributed by atoms with Crippen LogP contribution in [0.1, 0.15) is 5.56 Å². The molecule has 0 unspecified atom stereocenters. The number of aromatic nitrogens is 2. The molecule has 1 aliphatic rings. The largest absolute Gasteiger partial charge is 0.495 e. The van der Waals surface area contributed by atoms with Crippen LogP contribution >= 0.6 is 11.8 Å². The first kappa shape index (κ1) is 18.2. The summed E-state index contributed by atoms with van der Waals surface area (Å²) in [4.78, 5) is 12.3. The van der Waals surface area contributed by atoms with Crippen molar-refractivity contribution in [2.24, 2.45) is 0 Å². The van der Waals surface area contributed by atoms with E-state index in [1.54, 1.807) is 19.2 Å². The summed E-state index contributed by atoms with van der Waals surface area (Å²) in [6.45, 7) is 2.14. The minimum absolute atomic E-state index is 0.125. The minimum atomic E-state index is -0.197. The highest BCUT2D eigenvalue weighted by Crippen LogP contribution is 2.36. The van der Waals surface area contributed by atoms with E-state index in [0.29, 0.717) is 34.0 Å². The van der Waals surface area contributed by atoms with Crippen LogP contribution in [0.2, 0.25) is 0 Å². The fourth-order valence-electron chi connectivity index (χ4n) is 2.65. The van der Waals surface area contributed by atoms with E-state index in [2.05, 4.69) is 15.5 Å². The lowest BCUT2D eigenvalue weighted by Crippen LogP contribution is -2.14. The highest BCUT2D eigenvalue weighted by Gasteiger charge is 2.17. The zero-order chi connectivity index (χ0) is 19.5. The number of hydrogen-bond acceptors (Lipinski definition) is 8. The van der Waals surface area contributed by atoms with Gasteiger partial charge < -0.3 is 23.9 Å². The first-order chi connectivity index (χ1) is 13.6. The van der Waals surface area contributed by atoms with Crippen molar-refractivity contribution in [3.05, 3.63) is 42.0 Å². The second kappa shape index (κ2) is 7.81. The molecular formula is C19H17N3O5S. The van der Waals surface area contributed by atoms with Crippen molar-refractivity contribution < 1.29 is 23.4 Å². The number of aryl methyl sites for hydroxylation is 1. The van der Waals surface area contributed by atoms with Crippen LogP contribution in [-0.4, -0.2) is 35.8 Å². The lowest BCUT2D eigenvalue weighted by atomic mass is 10.2. The molecule has 0 aliphatic carbocycles. The van der Waals surface area contributed by atoms with Gasteiger partial charge in [-0.05, 0) is 42.8 Å². The predicted molar refractivity (Wildman–Crippen MR) is 103 cm³/mol. The van der Waals surface area contributed by atoms with Crippen molar-refractivity contribution in [3.8, 4) is 28.7 Å². The van der Waals surface area contributed by atoms with Gasteiger partial charge in [-0.25, -0.2) is 0 Å². The molecule has 0 spiro atoms. The number of nitrogens with zero attached hydrogens (tertiary/aromatic N) is 2. The Kier molecular flexibility index (Phi) is 5.07. The van der Waals surface area contributed by atoms with Gasteiger partial charge in [0.25, 0.3) is 5.22 Å². The van der Waals surface area contributed by atoms with E-state index >= 15 is 0 Å². The number of carbonyl (C=O) groups excluding carboxylic acids is 1. The number of rotatable bonds is 6. The minimum Gasteiger partial charge on any atom is -0.495 e. The molecule has 9 heteroatoms. The van der Waals surface area contributed by atoms with Crippen molar-refractivity contribution in [2.45, 2.75) is 12.1 Å². The van der Waals surface area contributed by atoms with Gasteiger partial charge in [-0.15, -0.1) is 10.2 Å². The topological polar surface area (TPSA) is 95.7 Å². The number of thioether (sulfide) groups is 1. The summed E-state index contributed by atoms with van der Waals surface area (Å²) in [5.41, 5.74) is 2.37. The van der Waals surface area contributed by atoms with E-state index in [0.717, 1.165) is 22.9 Å². The Morgan fingerprint density at radius 2 is 2.04 bits per heavy atom. The van der Waals surface area contributed by atoms with Crippen LogP contribution in [0.4, 0.5) is 5.69 Å². The van der Waals surface area contributed by atoms with E-state index in [1.807, 2.05) is 31.2 Å². The van der Waals surface area contributed by atoms with E-state index in [-0.39, 0.29) is 18.5 Å². The third kappa shape index (κ3) is 3.89. The Hall–Kier alpha value is -3.20. The molecule has 0 saturated carbocycles. The van der Waals surface area contributed by atoms with Crippen LogP contribution < -0.4 is 19.5 Å². The lowest BCUT2D eigenvalue weighted by molar-refractivity contribution is -0.113. The van der Waals surface area contributed by atoms with Crippen LogP contribution in [0, 0.1) is 6.92 Å². The van der Waals surface area contributed by atoms with Gasteiger partial charge in [0.05, 0.1) is 18.6 Å². The molecular weight excluding hydrogens is 382 g/mol. The lowest BCUT2D eigenvalue weighted by Gasteiger charge is -2.10. The van der Waals surface area contributed by atoms with Gasteiger partial charge in [0.1, 0.15) is 5.75 Å². The number of methoxy groups -OCH3 is 1. The maximum atomic E-state index is 12.3. The number of hydrogen-bond donors (Lipinski definition) is 1. The summed E-state index contributed by atoms with van der Waals surface area (Å²) in [6, 6.07) is 11.0. The summed E-state index contributed by atoms with van der Waals surface area (Å²) in [6.07, 6.45) is 0. The number of fused-ring (bicyclic) bond motifs is 1. The highest BCUT2D eigenvalue weighted by atomic mass is 32.2. The van der Waals surface area contributed by atoms with Crippen LogP contribution in [-0.2, 0) is 4.79 Å². The maximum Gasteiger partial charge on any atom is 0.277 e. The summed E-state index contributed by atoms with van der Waals surface area (Å²) in [5.74, 6) is 2.20. The van der Waals surface area contributed by atoms with Crippen molar-refractivity contribution in [3.63, 3.8) is 0 Å². The van der Waals surface area contributed by atoms with E-state index in [1.165, 1.54) is 0 Å². The molecule has 0 bridgehead atoms. The van der Waals surface area contributed by atoms with Crippen molar-refractivity contribution >= 4 is 23.4 Å². The number of nitrogens with one attached hydrogen (secondary N) is 1. The maximum absolute atomic E-state index is 12.3. The van der Waals surface area contributed by atoms with Crippen molar-refractivity contribution in [1.82, 2.24) is 10.2 Å². The third-order valence-corrected chi connectivity index (χ3v) is 4.80. The van der Waals surface area contributed by atoms with Crippen LogP contribution in [0.3, 0.4) is 0 Å². The number of anilines is 1. The first-order valence-electron chi connectivity index (χ1n) is 8.43. The Morgan fingerprint density at radius 3 is 2.89 bits per heavy atom. The monoisotopic (exact) mass is 399 g/mol. The highest BCUT2D eigenvalue weighted by molar-refractivity contribution is 7.99. The Morgan fingerprint density at radius 1 is 1.18 bits per heavy atom. The normalized spacial score (nSPS) is 12.1. The quantitative estimate of drug-likeness (QED) is 0.629. The van der Waals surface area contributed by atoms with E-state index in [4.69, 9.17) is 18.6 Å². The second-order valence-corrected chi connectivity index (χ2v) is 6.91. The number of amides is 1. The van der Waals surface area contributed by atoms with Crippen LogP contribution in [0.5, 0.6) is 17.2 Å². The molecule has 0 atom stereocenters. The molecule has 0 fully saturated rings. The third-order valence-electron chi connectivity index (χ3n) is 3.98. The van der Waals surface area contributed by atoms with Gasteiger partial charge in [0, 0.05) is 5.56 Å². The zero-order valence-electron chi connectivity index (χ0n) is 15.2. The van der Waals surface area contributed by atoms with Crippen LogP contribution in [0.25, 0.3) is 11.5 Å². The summed E-state index contributed by atoms with van der Waals surface area (Å²) < 4.78 is 21.5. The molecule has 1 N–H and O–H groups in total. The SMILES string of the molecule is COc1ccc(C)cc1NC(=O)CSc1nnc(-c2ccc3c(c2)OCO3)o1. The number of ether oxygens (including phenoxy) is 3. The first-order valence-corrected chi connectivity index (χ1v) is 9.42. The molecule has 0 radical (unpaired) electrons. The smallest absolute Gasteiger partial charge is 0.277 e. The molecule has 28 heavy (non-hydrogen) atoms. The molecule has 1 aliphatic heterocycles. The number of carbonyl (C=O) groups is 1. The summed E-state index contributed by atoms with van der Waals surface area (Å²) in [7, 11) is 1.56. The van der Waals surface area contributed by atoms with Crippen molar-refractivity contribution in [2.75, 3.05) is 25.0 Å². The fraction of sp³-hybridized carbons (Fsp3) is 0.211. The predicted octanol–water partition coefficient (Wildman–Crippen LogP) is 3.51. The van der Waals surface area contributed by atoms with Crippen molar-refractivity contribution in [1.29, 1.82) is 0 Å². The van der Waals surface area contributed by atoms with E-state index < -0.39 is 0 Å². The summed E-state index contributed by atoms with van der Waals surface area (Å²) >= 11 is 1.16. The molecule has 0 saturated heterocycles. The zero-order valence-corrected chi connectivity index (χ0v) is 16.0. The Bertz CT molecular complexity index is 1020. The standard InChI is InChI=1S/C19H17N3O5S/c1-11-3-5-14(24-2)13(7-11)20-17(23)9-28-19-22-21-18(27-19)12-4-6-15-16(8-12)26-10-25-15/h3-8H,9-10H2,1-2H3,(H,20,23). The van der Waals surface area contributed by atoms with Gasteiger partial charge in [-0.3, -0.25) is 4.79 Å². The van der Waals surface area contributed by atoms with Gasteiger partial charge in [-0.2, -0.15) is 0 Å². The van der Waals surface area contributed by atoms with Gasteiger partial charge in [-0.1, -0.05) is 17.8 Å². The van der Waals surface area contributed by atoms with Crippen LogP contribution in [0.15, 0.2) is 46.0 Å². The van der Waals surface area contributed by atoms with Gasteiger partial charge in [0.2, 0.25) is 18.6 Å². The van der Waals surface area contributed by atoms with Gasteiger partial charge in [0.15, 0.2) is 11.5 Å². The Balaban J connectivity index is 1.38. The average Bonchev–Trinajstić information content (AvgIpc) is 3.35. The second-order valence-electron chi connectivity index (χ2n) is 5.98.